The highest BCUT2D eigenvalue weighted by Crippen LogP contribution is 2.22. The van der Waals surface area contributed by atoms with Crippen molar-refractivity contribution in [3.05, 3.63) is 47.7 Å². The lowest BCUT2D eigenvalue weighted by Crippen LogP contribution is -2.44. The van der Waals surface area contributed by atoms with E-state index < -0.39 is 10.0 Å². The predicted molar refractivity (Wildman–Crippen MR) is 110 cm³/mol. The van der Waals surface area contributed by atoms with Crippen LogP contribution in [0.15, 0.2) is 36.4 Å². The molecule has 1 aromatic carbocycles. The molecule has 1 aliphatic rings. The van der Waals surface area contributed by atoms with Gasteiger partial charge >= 0.3 is 0 Å². The Hall–Kier alpha value is -2.19. The van der Waals surface area contributed by atoms with Gasteiger partial charge in [-0.2, -0.15) is 5.10 Å². The molecule has 1 saturated heterocycles. The highest BCUT2D eigenvalue weighted by atomic mass is 32.2. The lowest BCUT2D eigenvalue weighted by Gasteiger charge is -2.31. The van der Waals surface area contributed by atoms with E-state index in [0.29, 0.717) is 38.2 Å². The van der Waals surface area contributed by atoms with Crippen molar-refractivity contribution in [3.63, 3.8) is 0 Å². The molecule has 0 bridgehead atoms. The highest BCUT2D eigenvalue weighted by molar-refractivity contribution is 7.89. The molecule has 152 valence electrons. The molecular formula is C20H28N4O3S. The number of benzene rings is 1. The van der Waals surface area contributed by atoms with E-state index in [1.807, 2.05) is 50.2 Å². The monoisotopic (exact) mass is 404 g/mol. The van der Waals surface area contributed by atoms with Crippen molar-refractivity contribution >= 4 is 21.7 Å². The van der Waals surface area contributed by atoms with Gasteiger partial charge in [0.15, 0.2) is 0 Å². The molecule has 1 N–H and O–H groups in total. The average Bonchev–Trinajstić information content (AvgIpc) is 3.01. The third-order valence-corrected chi connectivity index (χ3v) is 6.98. The molecule has 2 aromatic rings. The van der Waals surface area contributed by atoms with E-state index in [1.165, 1.54) is 4.31 Å². The third kappa shape index (κ3) is 4.99. The largest absolute Gasteiger partial charge is 0.311 e. The molecule has 1 aliphatic heterocycles. The molecule has 2 heterocycles. The smallest absolute Gasteiger partial charge is 0.229 e. The number of hydrogen-bond donors (Lipinski definition) is 1. The summed E-state index contributed by atoms with van der Waals surface area (Å²) in [6, 6.07) is 11.8. The summed E-state index contributed by atoms with van der Waals surface area (Å²) in [6.07, 6.45) is 1.97. The van der Waals surface area contributed by atoms with Gasteiger partial charge in [0.1, 0.15) is 5.82 Å². The number of rotatable bonds is 7. The standard InChI is InChI=1S/C20H28N4O3S/c1-3-12-28(26,27)23-11-7-10-18(15-23)20(25)21-19-13-16(2)22-24(19)14-17-8-5-4-6-9-17/h4-6,8-9,13,18H,3,7,10-12,14-15H2,1-2H3,(H,21,25). The normalized spacial score (nSPS) is 18.1. The summed E-state index contributed by atoms with van der Waals surface area (Å²) in [5.74, 6) is 0.274. The van der Waals surface area contributed by atoms with Gasteiger partial charge in [0, 0.05) is 19.2 Å². The number of carbonyl (C=O) groups excluding carboxylic acids is 1. The van der Waals surface area contributed by atoms with Gasteiger partial charge in [-0.05, 0) is 31.7 Å². The number of anilines is 1. The predicted octanol–water partition coefficient (Wildman–Crippen LogP) is 2.63. The first-order valence-electron chi connectivity index (χ1n) is 9.76. The highest BCUT2D eigenvalue weighted by Gasteiger charge is 2.32. The first-order valence-corrected chi connectivity index (χ1v) is 11.4. The molecule has 0 spiro atoms. The number of aryl methyl sites for hydroxylation is 1. The Morgan fingerprint density at radius 1 is 1.29 bits per heavy atom. The Labute approximate surface area is 166 Å². The molecule has 3 rings (SSSR count). The fraction of sp³-hybridized carbons (Fsp3) is 0.500. The summed E-state index contributed by atoms with van der Waals surface area (Å²) >= 11 is 0. The van der Waals surface area contributed by atoms with Gasteiger partial charge in [-0.1, -0.05) is 37.3 Å². The zero-order valence-electron chi connectivity index (χ0n) is 16.5. The number of hydrogen-bond acceptors (Lipinski definition) is 4. The molecule has 0 aliphatic carbocycles. The molecule has 8 heteroatoms. The fourth-order valence-electron chi connectivity index (χ4n) is 3.55. The number of sulfonamides is 1. The zero-order chi connectivity index (χ0) is 20.1. The summed E-state index contributed by atoms with van der Waals surface area (Å²) in [6.45, 7) is 5.04. The second-order valence-electron chi connectivity index (χ2n) is 7.32. The summed E-state index contributed by atoms with van der Waals surface area (Å²) in [4.78, 5) is 12.8. The van der Waals surface area contributed by atoms with E-state index in [9.17, 15) is 13.2 Å². The van der Waals surface area contributed by atoms with Crippen LogP contribution in [0.5, 0.6) is 0 Å². The van der Waals surface area contributed by atoms with Crippen LogP contribution < -0.4 is 5.32 Å². The van der Waals surface area contributed by atoms with Crippen molar-refractivity contribution in [3.8, 4) is 0 Å². The first-order chi connectivity index (χ1) is 13.4. The second-order valence-corrected chi connectivity index (χ2v) is 9.41. The minimum atomic E-state index is -3.28. The number of nitrogens with zero attached hydrogens (tertiary/aromatic N) is 3. The van der Waals surface area contributed by atoms with E-state index in [2.05, 4.69) is 10.4 Å². The van der Waals surface area contributed by atoms with Crippen molar-refractivity contribution < 1.29 is 13.2 Å². The third-order valence-electron chi connectivity index (χ3n) is 4.94. The van der Waals surface area contributed by atoms with Gasteiger partial charge in [0.25, 0.3) is 0 Å². The van der Waals surface area contributed by atoms with Crippen LogP contribution >= 0.6 is 0 Å². The molecule has 1 atom stereocenters. The van der Waals surface area contributed by atoms with Crippen molar-refractivity contribution in [1.29, 1.82) is 0 Å². The topological polar surface area (TPSA) is 84.3 Å². The van der Waals surface area contributed by atoms with Crippen LogP contribution in [0.2, 0.25) is 0 Å². The minimum absolute atomic E-state index is 0.129. The van der Waals surface area contributed by atoms with Crippen molar-refractivity contribution in [2.75, 3.05) is 24.2 Å². The lowest BCUT2D eigenvalue weighted by molar-refractivity contribution is -0.120. The molecule has 1 unspecified atom stereocenters. The Balaban J connectivity index is 1.69. The van der Waals surface area contributed by atoms with Gasteiger partial charge in [0.05, 0.1) is 23.9 Å². The minimum Gasteiger partial charge on any atom is -0.311 e. The van der Waals surface area contributed by atoms with Gasteiger partial charge in [-0.15, -0.1) is 0 Å². The van der Waals surface area contributed by atoms with Crippen LogP contribution in [0.4, 0.5) is 5.82 Å². The van der Waals surface area contributed by atoms with Crippen molar-refractivity contribution in [2.45, 2.75) is 39.7 Å². The molecule has 28 heavy (non-hydrogen) atoms. The molecule has 1 fully saturated rings. The van der Waals surface area contributed by atoms with E-state index in [1.54, 1.807) is 4.68 Å². The van der Waals surface area contributed by atoms with E-state index in [0.717, 1.165) is 11.3 Å². The summed E-state index contributed by atoms with van der Waals surface area (Å²) < 4.78 is 27.9. The van der Waals surface area contributed by atoms with Crippen molar-refractivity contribution in [2.24, 2.45) is 5.92 Å². The van der Waals surface area contributed by atoms with Gasteiger partial charge in [0.2, 0.25) is 15.9 Å². The zero-order valence-corrected chi connectivity index (χ0v) is 17.3. The van der Waals surface area contributed by atoms with E-state index in [-0.39, 0.29) is 24.1 Å². The van der Waals surface area contributed by atoms with Gasteiger partial charge in [-0.25, -0.2) is 17.4 Å². The first kappa shape index (κ1) is 20.5. The van der Waals surface area contributed by atoms with Crippen LogP contribution in [0, 0.1) is 12.8 Å². The molecule has 0 radical (unpaired) electrons. The number of aromatic nitrogens is 2. The second kappa shape index (κ2) is 8.87. The van der Waals surface area contributed by atoms with E-state index >= 15 is 0 Å². The van der Waals surface area contributed by atoms with Crippen LogP contribution in [0.25, 0.3) is 0 Å². The molecule has 1 aromatic heterocycles. The van der Waals surface area contributed by atoms with Crippen LogP contribution in [-0.2, 0) is 21.4 Å². The van der Waals surface area contributed by atoms with Gasteiger partial charge < -0.3 is 5.32 Å². The van der Waals surface area contributed by atoms with Gasteiger partial charge in [-0.3, -0.25) is 4.79 Å². The summed E-state index contributed by atoms with van der Waals surface area (Å²) in [7, 11) is -3.28. The quantitative estimate of drug-likeness (QED) is 0.769. The van der Waals surface area contributed by atoms with Crippen LogP contribution in [0.3, 0.4) is 0 Å². The molecule has 7 nitrogen and oxygen atoms in total. The summed E-state index contributed by atoms with van der Waals surface area (Å²) in [5, 5.41) is 7.44. The Morgan fingerprint density at radius 2 is 2.04 bits per heavy atom. The number of amides is 1. The average molecular weight is 405 g/mol. The SMILES string of the molecule is CCCS(=O)(=O)N1CCCC(C(=O)Nc2cc(C)nn2Cc2ccccc2)C1. The molecule has 1 amide bonds. The molecular weight excluding hydrogens is 376 g/mol. The molecule has 0 saturated carbocycles. The maximum atomic E-state index is 12.8. The van der Waals surface area contributed by atoms with Crippen molar-refractivity contribution in [1.82, 2.24) is 14.1 Å². The number of nitrogens with one attached hydrogen (secondary N) is 1. The Bertz CT molecular complexity index is 909. The maximum absolute atomic E-state index is 12.8. The number of piperidine rings is 1. The van der Waals surface area contributed by atoms with Crippen LogP contribution in [0.1, 0.15) is 37.4 Å². The van der Waals surface area contributed by atoms with E-state index in [4.69, 9.17) is 0 Å². The Kier molecular flexibility index (Phi) is 6.51. The lowest BCUT2D eigenvalue weighted by atomic mass is 9.99. The van der Waals surface area contributed by atoms with Crippen LogP contribution in [-0.4, -0.2) is 47.3 Å². The Morgan fingerprint density at radius 3 is 2.75 bits per heavy atom. The fourth-order valence-corrected chi connectivity index (χ4v) is 5.14. The summed E-state index contributed by atoms with van der Waals surface area (Å²) in [5.41, 5.74) is 1.91. The number of carbonyl (C=O) groups is 1. The maximum Gasteiger partial charge on any atom is 0.229 e.